The number of halogens is 1. The average Bonchev–Trinajstić information content (AvgIpc) is 3.28. The second-order valence-corrected chi connectivity index (χ2v) is 6.96. The molecular formula is C12H13BrN6S. The molecule has 0 saturated heterocycles. The van der Waals surface area contributed by atoms with E-state index in [1.54, 1.807) is 6.07 Å². The van der Waals surface area contributed by atoms with E-state index in [2.05, 4.69) is 40.7 Å². The predicted octanol–water partition coefficient (Wildman–Crippen LogP) is 2.78. The van der Waals surface area contributed by atoms with E-state index in [9.17, 15) is 0 Å². The first-order valence-electron chi connectivity index (χ1n) is 6.63. The minimum absolute atomic E-state index is 0.453. The van der Waals surface area contributed by atoms with Crippen LogP contribution in [0.1, 0.15) is 43.5 Å². The van der Waals surface area contributed by atoms with E-state index in [1.165, 1.54) is 37.4 Å². The van der Waals surface area contributed by atoms with Crippen molar-refractivity contribution in [2.45, 2.75) is 48.0 Å². The van der Waals surface area contributed by atoms with Crippen LogP contribution in [0.25, 0.3) is 0 Å². The van der Waals surface area contributed by atoms with Gasteiger partial charge in [-0.2, -0.15) is 0 Å². The molecule has 2 heterocycles. The lowest BCUT2D eigenvalue weighted by atomic mass is 10.4. The second-order valence-electron chi connectivity index (χ2n) is 5.22. The molecule has 104 valence electrons. The van der Waals surface area contributed by atoms with E-state index in [1.807, 2.05) is 0 Å². The monoisotopic (exact) mass is 352 g/mol. The van der Waals surface area contributed by atoms with E-state index >= 15 is 0 Å². The summed E-state index contributed by atoms with van der Waals surface area (Å²) in [6.07, 6.45) is 4.89. The third kappa shape index (κ3) is 2.42. The summed E-state index contributed by atoms with van der Waals surface area (Å²) in [6, 6.07) is 2.25. The van der Waals surface area contributed by atoms with Gasteiger partial charge in [0.1, 0.15) is 16.2 Å². The highest BCUT2D eigenvalue weighted by atomic mass is 79.9. The van der Waals surface area contributed by atoms with Crippen molar-refractivity contribution in [3.8, 4) is 0 Å². The van der Waals surface area contributed by atoms with Crippen LogP contribution < -0.4 is 5.73 Å². The summed E-state index contributed by atoms with van der Waals surface area (Å²) in [5, 5.41) is 10.2. The van der Waals surface area contributed by atoms with Crippen LogP contribution >= 0.6 is 27.7 Å². The van der Waals surface area contributed by atoms with E-state index in [0.717, 1.165) is 11.0 Å². The smallest absolute Gasteiger partial charge is 0.199 e. The van der Waals surface area contributed by atoms with E-state index in [-0.39, 0.29) is 0 Å². The highest BCUT2D eigenvalue weighted by Crippen LogP contribution is 2.46. The highest BCUT2D eigenvalue weighted by molar-refractivity contribution is 9.10. The molecule has 8 heteroatoms. The highest BCUT2D eigenvalue weighted by Gasteiger charge is 2.36. The minimum atomic E-state index is 0.453. The zero-order valence-corrected chi connectivity index (χ0v) is 13.1. The molecule has 0 aromatic carbocycles. The number of nitrogen functional groups attached to an aromatic ring is 1. The predicted molar refractivity (Wildman–Crippen MR) is 78.5 cm³/mol. The standard InChI is InChI=1S/C12H13BrN6S/c13-8-5-9(14)16-11(15-8)20-12-18-17-10(6-1-2-6)19(12)7-3-4-7/h5-7H,1-4H2,(H2,14,15,16). The Morgan fingerprint density at radius 3 is 2.65 bits per heavy atom. The van der Waals surface area contributed by atoms with Gasteiger partial charge in [-0.1, -0.05) is 0 Å². The number of hydrogen-bond donors (Lipinski definition) is 1. The van der Waals surface area contributed by atoms with Crippen molar-refractivity contribution < 1.29 is 0 Å². The summed E-state index contributed by atoms with van der Waals surface area (Å²) in [4.78, 5) is 8.57. The molecule has 2 aliphatic rings. The fraction of sp³-hybridized carbons (Fsp3) is 0.500. The van der Waals surface area contributed by atoms with Crippen LogP contribution in [0.15, 0.2) is 21.0 Å². The van der Waals surface area contributed by atoms with Crippen molar-refractivity contribution in [2.75, 3.05) is 5.73 Å². The summed E-state index contributed by atoms with van der Waals surface area (Å²) in [6.45, 7) is 0. The maximum Gasteiger partial charge on any atom is 0.199 e. The second kappa shape index (κ2) is 4.70. The zero-order valence-electron chi connectivity index (χ0n) is 10.7. The zero-order chi connectivity index (χ0) is 13.7. The summed E-state index contributed by atoms with van der Waals surface area (Å²) < 4.78 is 2.97. The first kappa shape index (κ1) is 12.6. The van der Waals surface area contributed by atoms with Crippen LogP contribution in [-0.4, -0.2) is 24.7 Å². The van der Waals surface area contributed by atoms with Crippen molar-refractivity contribution in [1.29, 1.82) is 0 Å². The first-order valence-corrected chi connectivity index (χ1v) is 8.24. The van der Waals surface area contributed by atoms with Crippen molar-refractivity contribution >= 4 is 33.5 Å². The molecule has 2 aromatic rings. The van der Waals surface area contributed by atoms with Crippen LogP contribution in [0.5, 0.6) is 0 Å². The topological polar surface area (TPSA) is 82.5 Å². The molecule has 0 unspecified atom stereocenters. The molecule has 2 aliphatic carbocycles. The Balaban J connectivity index is 1.68. The minimum Gasteiger partial charge on any atom is -0.384 e. The molecule has 0 atom stereocenters. The lowest BCUT2D eigenvalue weighted by Gasteiger charge is -2.07. The Labute approximate surface area is 128 Å². The Bertz CT molecular complexity index is 644. The molecule has 2 aromatic heterocycles. The number of anilines is 1. The van der Waals surface area contributed by atoms with Gasteiger partial charge in [-0.05, 0) is 53.4 Å². The third-order valence-corrected chi connectivity index (χ3v) is 4.65. The van der Waals surface area contributed by atoms with Gasteiger partial charge in [0.15, 0.2) is 10.3 Å². The molecule has 0 aliphatic heterocycles. The van der Waals surface area contributed by atoms with Crippen molar-refractivity contribution in [3.05, 3.63) is 16.5 Å². The Hall–Kier alpha value is -1.15. The number of nitrogens with two attached hydrogens (primary N) is 1. The molecule has 2 saturated carbocycles. The van der Waals surface area contributed by atoms with Crippen molar-refractivity contribution in [3.63, 3.8) is 0 Å². The van der Waals surface area contributed by atoms with Crippen LogP contribution in [0.4, 0.5) is 5.82 Å². The Morgan fingerprint density at radius 1 is 1.20 bits per heavy atom. The molecular weight excluding hydrogens is 340 g/mol. The lowest BCUT2D eigenvalue weighted by Crippen LogP contribution is -2.02. The van der Waals surface area contributed by atoms with Gasteiger partial charge in [0.2, 0.25) is 0 Å². The number of aromatic nitrogens is 5. The maximum atomic E-state index is 5.75. The number of rotatable bonds is 4. The molecule has 6 nitrogen and oxygen atoms in total. The van der Waals surface area contributed by atoms with Gasteiger partial charge in [0.05, 0.1) is 0 Å². The Morgan fingerprint density at radius 2 is 2.00 bits per heavy atom. The van der Waals surface area contributed by atoms with E-state index in [0.29, 0.717) is 27.5 Å². The molecule has 0 spiro atoms. The van der Waals surface area contributed by atoms with Gasteiger partial charge in [-0.15, -0.1) is 10.2 Å². The number of hydrogen-bond acceptors (Lipinski definition) is 6. The van der Waals surface area contributed by atoms with Crippen LogP contribution in [0.2, 0.25) is 0 Å². The van der Waals surface area contributed by atoms with Crippen LogP contribution in [0.3, 0.4) is 0 Å². The van der Waals surface area contributed by atoms with Gasteiger partial charge < -0.3 is 10.3 Å². The van der Waals surface area contributed by atoms with E-state index < -0.39 is 0 Å². The molecule has 2 N–H and O–H groups in total. The quantitative estimate of drug-likeness (QED) is 0.672. The average molecular weight is 353 g/mol. The first-order chi connectivity index (χ1) is 9.70. The largest absolute Gasteiger partial charge is 0.384 e. The number of nitrogens with zero attached hydrogens (tertiary/aromatic N) is 5. The molecule has 0 bridgehead atoms. The fourth-order valence-corrected chi connectivity index (χ4v) is 3.60. The third-order valence-electron chi connectivity index (χ3n) is 3.42. The maximum absolute atomic E-state index is 5.75. The van der Waals surface area contributed by atoms with Gasteiger partial charge >= 0.3 is 0 Å². The van der Waals surface area contributed by atoms with Crippen LogP contribution in [0, 0.1) is 0 Å². The molecule has 0 amide bonds. The molecule has 2 fully saturated rings. The summed E-state index contributed by atoms with van der Waals surface area (Å²) in [5.74, 6) is 2.19. The SMILES string of the molecule is Nc1cc(Br)nc(Sc2nnc(C3CC3)n2C2CC2)n1. The van der Waals surface area contributed by atoms with E-state index in [4.69, 9.17) is 5.73 Å². The fourth-order valence-electron chi connectivity index (χ4n) is 2.19. The van der Waals surface area contributed by atoms with Gasteiger partial charge in [-0.3, -0.25) is 0 Å². The molecule has 0 radical (unpaired) electrons. The van der Waals surface area contributed by atoms with Crippen molar-refractivity contribution in [2.24, 2.45) is 0 Å². The van der Waals surface area contributed by atoms with Gasteiger partial charge in [0.25, 0.3) is 0 Å². The van der Waals surface area contributed by atoms with Gasteiger partial charge in [-0.25, -0.2) is 9.97 Å². The van der Waals surface area contributed by atoms with Crippen molar-refractivity contribution in [1.82, 2.24) is 24.7 Å². The normalized spacial score (nSPS) is 18.4. The molecule has 20 heavy (non-hydrogen) atoms. The van der Waals surface area contributed by atoms with Crippen LogP contribution in [-0.2, 0) is 0 Å². The lowest BCUT2D eigenvalue weighted by molar-refractivity contribution is 0.626. The summed E-state index contributed by atoms with van der Waals surface area (Å²) in [7, 11) is 0. The summed E-state index contributed by atoms with van der Waals surface area (Å²) >= 11 is 4.77. The van der Waals surface area contributed by atoms with Gasteiger partial charge in [0, 0.05) is 18.0 Å². The summed E-state index contributed by atoms with van der Waals surface area (Å²) in [5.41, 5.74) is 5.75. The Kier molecular flexibility index (Phi) is 2.95. The molecule has 4 rings (SSSR count).